The zero-order chi connectivity index (χ0) is 22.5. The summed E-state index contributed by atoms with van der Waals surface area (Å²) >= 11 is 5.37. The van der Waals surface area contributed by atoms with E-state index in [2.05, 4.69) is 25.7 Å². The lowest BCUT2D eigenvalue weighted by atomic mass is 10.2. The molecule has 2 aromatic carbocycles. The minimum atomic E-state index is -0.124. The van der Waals surface area contributed by atoms with Crippen LogP contribution >= 0.6 is 12.2 Å². The second-order valence-electron chi connectivity index (χ2n) is 7.11. The van der Waals surface area contributed by atoms with Crippen molar-refractivity contribution in [3.05, 3.63) is 59.6 Å². The van der Waals surface area contributed by atoms with Crippen LogP contribution < -0.4 is 10.1 Å². The van der Waals surface area contributed by atoms with Crippen molar-refractivity contribution in [1.82, 2.24) is 29.5 Å². The summed E-state index contributed by atoms with van der Waals surface area (Å²) in [5.74, 6) is 2.07. The highest BCUT2D eigenvalue weighted by Crippen LogP contribution is 2.22. The normalized spacial score (nSPS) is 10.8. The third-order valence-corrected chi connectivity index (χ3v) is 5.17. The average molecular weight is 450 g/mol. The van der Waals surface area contributed by atoms with Gasteiger partial charge >= 0.3 is 0 Å². The highest BCUT2D eigenvalue weighted by Gasteiger charge is 2.12. The lowest BCUT2D eigenvalue weighted by Crippen LogP contribution is -2.15. The molecule has 0 aliphatic rings. The molecule has 0 saturated carbocycles. The molecular weight excluding hydrogens is 426 g/mol. The van der Waals surface area contributed by atoms with Crippen LogP contribution in [0, 0.1) is 4.77 Å². The maximum Gasteiger partial charge on any atom is 0.226 e. The van der Waals surface area contributed by atoms with Gasteiger partial charge in [-0.1, -0.05) is 12.1 Å². The summed E-state index contributed by atoms with van der Waals surface area (Å²) in [7, 11) is 1.87. The van der Waals surface area contributed by atoms with Crippen molar-refractivity contribution in [3.63, 3.8) is 0 Å². The summed E-state index contributed by atoms with van der Waals surface area (Å²) in [4.78, 5) is 12.6. The SMILES string of the molecule is CCOc1ccc(-c2n[nH]c(=S)n2CCC(=O)Nc2cccc(-c3nncn3C)c2)cc1. The summed E-state index contributed by atoms with van der Waals surface area (Å²) in [6, 6.07) is 15.1. The van der Waals surface area contributed by atoms with Gasteiger partial charge < -0.3 is 14.6 Å². The number of nitrogens with one attached hydrogen (secondary N) is 2. The van der Waals surface area contributed by atoms with Gasteiger partial charge in [0.15, 0.2) is 16.4 Å². The smallest absolute Gasteiger partial charge is 0.226 e. The first-order chi connectivity index (χ1) is 15.5. The van der Waals surface area contributed by atoms with Crippen molar-refractivity contribution in [3.8, 4) is 28.5 Å². The number of carbonyl (C=O) groups excluding carboxylic acids is 1. The van der Waals surface area contributed by atoms with Gasteiger partial charge in [-0.2, -0.15) is 5.10 Å². The summed E-state index contributed by atoms with van der Waals surface area (Å²) in [5, 5.41) is 18.1. The van der Waals surface area contributed by atoms with E-state index in [4.69, 9.17) is 17.0 Å². The molecule has 1 amide bonds. The van der Waals surface area contributed by atoms with Crippen molar-refractivity contribution < 1.29 is 9.53 Å². The molecule has 0 fully saturated rings. The molecule has 0 aliphatic heterocycles. The second-order valence-corrected chi connectivity index (χ2v) is 7.49. The number of rotatable bonds is 8. The average Bonchev–Trinajstić information content (AvgIpc) is 3.38. The van der Waals surface area contributed by atoms with Crippen LogP contribution in [0.15, 0.2) is 54.9 Å². The maximum absolute atomic E-state index is 12.6. The quantitative estimate of drug-likeness (QED) is 0.396. The molecule has 2 N–H and O–H groups in total. The van der Waals surface area contributed by atoms with Crippen molar-refractivity contribution >= 4 is 23.8 Å². The predicted molar refractivity (Wildman–Crippen MR) is 124 cm³/mol. The van der Waals surface area contributed by atoms with Gasteiger partial charge in [0.05, 0.1) is 6.61 Å². The molecule has 10 heteroatoms. The number of amides is 1. The largest absolute Gasteiger partial charge is 0.494 e. The number of aryl methyl sites for hydroxylation is 1. The zero-order valence-electron chi connectivity index (χ0n) is 17.8. The molecule has 0 spiro atoms. The van der Waals surface area contributed by atoms with Crippen LogP contribution in [-0.4, -0.2) is 42.0 Å². The molecule has 4 rings (SSSR count). The van der Waals surface area contributed by atoms with E-state index in [0.29, 0.717) is 29.4 Å². The highest BCUT2D eigenvalue weighted by atomic mass is 32.1. The molecule has 2 heterocycles. The van der Waals surface area contributed by atoms with E-state index in [9.17, 15) is 4.79 Å². The Bertz CT molecular complexity index is 1270. The van der Waals surface area contributed by atoms with E-state index in [-0.39, 0.29) is 12.3 Å². The number of aromatic amines is 1. The van der Waals surface area contributed by atoms with Crippen molar-refractivity contribution in [2.24, 2.45) is 7.05 Å². The second kappa shape index (κ2) is 9.56. The summed E-state index contributed by atoms with van der Waals surface area (Å²) < 4.78 is 9.60. The van der Waals surface area contributed by atoms with Gasteiger partial charge in [0, 0.05) is 36.8 Å². The predicted octanol–water partition coefficient (Wildman–Crippen LogP) is 3.83. The van der Waals surface area contributed by atoms with E-state index in [1.54, 1.807) is 6.33 Å². The molecule has 9 nitrogen and oxygen atoms in total. The lowest BCUT2D eigenvalue weighted by molar-refractivity contribution is -0.116. The molecular formula is C22H23N7O2S. The van der Waals surface area contributed by atoms with Crippen LogP contribution in [0.1, 0.15) is 13.3 Å². The lowest BCUT2D eigenvalue weighted by Gasteiger charge is -2.10. The van der Waals surface area contributed by atoms with E-state index in [1.807, 2.05) is 71.6 Å². The number of hydrogen-bond donors (Lipinski definition) is 2. The number of hydrogen-bond acceptors (Lipinski definition) is 6. The number of anilines is 1. The van der Waals surface area contributed by atoms with E-state index < -0.39 is 0 Å². The van der Waals surface area contributed by atoms with Crippen molar-refractivity contribution in [2.75, 3.05) is 11.9 Å². The number of H-pyrrole nitrogens is 1. The zero-order valence-corrected chi connectivity index (χ0v) is 18.6. The molecule has 32 heavy (non-hydrogen) atoms. The Labute approximate surface area is 190 Å². The standard InChI is InChI=1S/C22H23N7O2S/c1-3-31-18-9-7-15(8-10-18)21-26-27-22(32)29(21)12-11-19(30)24-17-6-4-5-16(13-17)20-25-23-14-28(20)2/h4-10,13-14H,3,11-12H2,1-2H3,(H,24,30)(H,27,32). The maximum atomic E-state index is 12.6. The Balaban J connectivity index is 1.43. The number of aromatic nitrogens is 6. The first kappa shape index (κ1) is 21.4. The van der Waals surface area contributed by atoms with Crippen molar-refractivity contribution in [1.29, 1.82) is 0 Å². The number of carbonyl (C=O) groups is 1. The summed E-state index contributed by atoms with van der Waals surface area (Å²) in [6.07, 6.45) is 1.88. The Hall–Kier alpha value is -3.79. The van der Waals surface area contributed by atoms with Crippen molar-refractivity contribution in [2.45, 2.75) is 19.9 Å². The van der Waals surface area contributed by atoms with E-state index in [1.165, 1.54) is 0 Å². The Morgan fingerprint density at radius 1 is 1.16 bits per heavy atom. The van der Waals surface area contributed by atoms with E-state index in [0.717, 1.165) is 22.7 Å². The van der Waals surface area contributed by atoms with Crippen LogP contribution in [0.4, 0.5) is 5.69 Å². The van der Waals surface area contributed by atoms with Gasteiger partial charge in [-0.25, -0.2) is 0 Å². The third kappa shape index (κ3) is 4.75. The minimum Gasteiger partial charge on any atom is -0.494 e. The van der Waals surface area contributed by atoms with Crippen LogP contribution in [0.3, 0.4) is 0 Å². The molecule has 0 radical (unpaired) electrons. The van der Waals surface area contributed by atoms with Gasteiger partial charge in [0.2, 0.25) is 5.91 Å². The number of nitrogens with zero attached hydrogens (tertiary/aromatic N) is 5. The fraction of sp³-hybridized carbons (Fsp3) is 0.227. The molecule has 0 saturated heterocycles. The highest BCUT2D eigenvalue weighted by molar-refractivity contribution is 7.71. The Morgan fingerprint density at radius 2 is 1.97 bits per heavy atom. The molecule has 0 aliphatic carbocycles. The fourth-order valence-corrected chi connectivity index (χ4v) is 3.55. The monoisotopic (exact) mass is 449 g/mol. The van der Waals surface area contributed by atoms with Gasteiger partial charge in [-0.3, -0.25) is 14.5 Å². The molecule has 164 valence electrons. The molecule has 2 aromatic heterocycles. The Morgan fingerprint density at radius 3 is 2.69 bits per heavy atom. The van der Waals surface area contributed by atoms with Gasteiger partial charge in [-0.15, -0.1) is 10.2 Å². The van der Waals surface area contributed by atoms with Gasteiger partial charge in [0.25, 0.3) is 0 Å². The number of benzene rings is 2. The first-order valence-corrected chi connectivity index (χ1v) is 10.6. The van der Waals surface area contributed by atoms with E-state index >= 15 is 0 Å². The summed E-state index contributed by atoms with van der Waals surface area (Å²) in [6.45, 7) is 2.94. The molecule has 4 aromatic rings. The van der Waals surface area contributed by atoms with Crippen LogP contribution in [0.25, 0.3) is 22.8 Å². The van der Waals surface area contributed by atoms with Crippen LogP contribution in [-0.2, 0) is 18.4 Å². The topological polar surface area (TPSA) is 103 Å². The summed E-state index contributed by atoms with van der Waals surface area (Å²) in [5.41, 5.74) is 2.45. The molecule has 0 bridgehead atoms. The fourth-order valence-electron chi connectivity index (χ4n) is 3.33. The first-order valence-electron chi connectivity index (χ1n) is 10.2. The van der Waals surface area contributed by atoms with Gasteiger partial charge in [-0.05, 0) is 55.5 Å². The minimum absolute atomic E-state index is 0.124. The Kier molecular flexibility index (Phi) is 6.41. The molecule has 0 atom stereocenters. The van der Waals surface area contributed by atoms with Crippen LogP contribution in [0.5, 0.6) is 5.75 Å². The van der Waals surface area contributed by atoms with Crippen LogP contribution in [0.2, 0.25) is 0 Å². The third-order valence-electron chi connectivity index (χ3n) is 4.86. The number of ether oxygens (including phenoxy) is 1. The van der Waals surface area contributed by atoms with Gasteiger partial charge in [0.1, 0.15) is 12.1 Å². The molecule has 0 unspecified atom stereocenters.